The SMILES string of the molecule is CCCC1COC(C2CCC(C#Cc3cc(F)c(-c4ccc(-c5cc(F)c(F)c(F)c5)c(F)c4)cc3C)CC2)OC1. The molecule has 1 saturated heterocycles. The second kappa shape index (κ2) is 12.8. The van der Waals surface area contributed by atoms with E-state index in [4.69, 9.17) is 9.47 Å². The molecule has 0 radical (unpaired) electrons. The first-order valence-electron chi connectivity index (χ1n) is 14.2. The van der Waals surface area contributed by atoms with E-state index >= 15 is 4.39 Å². The summed E-state index contributed by atoms with van der Waals surface area (Å²) >= 11 is 0. The summed E-state index contributed by atoms with van der Waals surface area (Å²) in [5.74, 6) is 1.73. The first-order valence-corrected chi connectivity index (χ1v) is 14.2. The molecule has 2 nitrogen and oxygen atoms in total. The van der Waals surface area contributed by atoms with Gasteiger partial charge in [0, 0.05) is 34.4 Å². The molecule has 1 aliphatic carbocycles. The lowest BCUT2D eigenvalue weighted by Crippen LogP contribution is -2.38. The van der Waals surface area contributed by atoms with Crippen molar-refractivity contribution >= 4 is 0 Å². The van der Waals surface area contributed by atoms with E-state index in [0.717, 1.165) is 75.5 Å². The highest BCUT2D eigenvalue weighted by atomic mass is 19.2. The lowest BCUT2D eigenvalue weighted by molar-refractivity contribution is -0.229. The lowest BCUT2D eigenvalue weighted by Gasteiger charge is -2.36. The van der Waals surface area contributed by atoms with Crippen molar-refractivity contribution in [3.8, 4) is 34.1 Å². The van der Waals surface area contributed by atoms with Crippen LogP contribution in [-0.4, -0.2) is 19.5 Å². The molecule has 0 amide bonds. The van der Waals surface area contributed by atoms with Crippen LogP contribution in [0.4, 0.5) is 22.0 Å². The smallest absolute Gasteiger partial charge is 0.194 e. The van der Waals surface area contributed by atoms with Crippen molar-refractivity contribution in [3.63, 3.8) is 0 Å². The van der Waals surface area contributed by atoms with E-state index in [2.05, 4.69) is 18.8 Å². The zero-order valence-electron chi connectivity index (χ0n) is 23.2. The Balaban J connectivity index is 1.24. The Bertz CT molecular complexity index is 1430. The molecular weight excluding hydrogens is 535 g/mol. The molecule has 41 heavy (non-hydrogen) atoms. The summed E-state index contributed by atoms with van der Waals surface area (Å²) in [6, 6.07) is 8.27. The van der Waals surface area contributed by atoms with Crippen LogP contribution in [0.15, 0.2) is 42.5 Å². The van der Waals surface area contributed by atoms with Crippen molar-refractivity contribution in [3.05, 3.63) is 82.7 Å². The van der Waals surface area contributed by atoms with Crippen LogP contribution in [0.1, 0.15) is 56.6 Å². The summed E-state index contributed by atoms with van der Waals surface area (Å²) in [5.41, 5.74) is 1.50. The van der Waals surface area contributed by atoms with E-state index in [9.17, 15) is 17.6 Å². The van der Waals surface area contributed by atoms with E-state index in [1.807, 2.05) is 6.92 Å². The van der Waals surface area contributed by atoms with Gasteiger partial charge in [0.15, 0.2) is 23.7 Å². The highest BCUT2D eigenvalue weighted by Crippen LogP contribution is 2.35. The third kappa shape index (κ3) is 6.66. The maximum Gasteiger partial charge on any atom is 0.194 e. The summed E-state index contributed by atoms with van der Waals surface area (Å²) in [7, 11) is 0. The number of ether oxygens (including phenoxy) is 2. The van der Waals surface area contributed by atoms with Crippen LogP contribution in [0.3, 0.4) is 0 Å². The van der Waals surface area contributed by atoms with E-state index in [1.165, 1.54) is 18.2 Å². The van der Waals surface area contributed by atoms with Gasteiger partial charge in [-0.25, -0.2) is 22.0 Å². The van der Waals surface area contributed by atoms with Gasteiger partial charge in [-0.15, -0.1) is 0 Å². The predicted molar refractivity (Wildman–Crippen MR) is 148 cm³/mol. The predicted octanol–water partition coefficient (Wildman–Crippen LogP) is 8.97. The molecule has 0 aromatic heterocycles. The molecule has 0 atom stereocenters. The summed E-state index contributed by atoms with van der Waals surface area (Å²) in [6.45, 7) is 5.53. The van der Waals surface area contributed by atoms with Gasteiger partial charge < -0.3 is 9.47 Å². The van der Waals surface area contributed by atoms with Gasteiger partial charge in [-0.3, -0.25) is 0 Å². The van der Waals surface area contributed by atoms with Crippen molar-refractivity contribution in [2.24, 2.45) is 17.8 Å². The van der Waals surface area contributed by atoms with Gasteiger partial charge in [0.1, 0.15) is 11.6 Å². The van der Waals surface area contributed by atoms with Crippen LogP contribution in [0.25, 0.3) is 22.3 Å². The van der Waals surface area contributed by atoms with Gasteiger partial charge in [0.05, 0.1) is 13.2 Å². The van der Waals surface area contributed by atoms with Gasteiger partial charge in [0.25, 0.3) is 0 Å². The summed E-state index contributed by atoms with van der Waals surface area (Å²) in [5, 5.41) is 0. The van der Waals surface area contributed by atoms with Crippen LogP contribution in [-0.2, 0) is 9.47 Å². The molecule has 0 N–H and O–H groups in total. The minimum absolute atomic E-state index is 0.122. The van der Waals surface area contributed by atoms with Crippen LogP contribution in [0, 0.1) is 65.6 Å². The van der Waals surface area contributed by atoms with Gasteiger partial charge in [-0.2, -0.15) is 0 Å². The van der Waals surface area contributed by atoms with Crippen molar-refractivity contribution in [2.75, 3.05) is 13.2 Å². The number of hydrogen-bond donors (Lipinski definition) is 0. The zero-order valence-corrected chi connectivity index (χ0v) is 23.2. The number of rotatable bonds is 5. The number of hydrogen-bond acceptors (Lipinski definition) is 2. The molecule has 1 saturated carbocycles. The molecule has 1 heterocycles. The molecule has 3 aromatic carbocycles. The Labute approximate surface area is 237 Å². The highest BCUT2D eigenvalue weighted by Gasteiger charge is 2.32. The van der Waals surface area contributed by atoms with Crippen LogP contribution in [0.5, 0.6) is 0 Å². The van der Waals surface area contributed by atoms with Gasteiger partial charge in [-0.1, -0.05) is 37.3 Å². The molecule has 0 unspecified atom stereocenters. The Morgan fingerprint density at radius 3 is 2.02 bits per heavy atom. The lowest BCUT2D eigenvalue weighted by atomic mass is 9.81. The standard InChI is InChI=1S/C34H33F5O2/c1-3-4-22-18-40-34(41-19-22)23-8-5-21(6-9-23)7-10-24-14-30(36)28(13-20(24)2)25-11-12-27(29(35)15-25)26-16-31(37)33(39)32(38)17-26/h11-17,21-23,34H,3-6,8-9,18-19H2,1-2H3. The number of halogens is 5. The van der Waals surface area contributed by atoms with E-state index < -0.39 is 29.1 Å². The molecule has 2 aliphatic rings. The highest BCUT2D eigenvalue weighted by molar-refractivity contribution is 5.72. The van der Waals surface area contributed by atoms with Gasteiger partial charge in [-0.05, 0) is 86.1 Å². The zero-order chi connectivity index (χ0) is 29.1. The first-order chi connectivity index (χ1) is 19.7. The van der Waals surface area contributed by atoms with Crippen LogP contribution >= 0.6 is 0 Å². The van der Waals surface area contributed by atoms with E-state index in [1.54, 1.807) is 6.07 Å². The number of benzene rings is 3. The van der Waals surface area contributed by atoms with Crippen molar-refractivity contribution in [2.45, 2.75) is 58.7 Å². The minimum atomic E-state index is -1.62. The fourth-order valence-corrected chi connectivity index (χ4v) is 5.79. The summed E-state index contributed by atoms with van der Waals surface area (Å²) in [4.78, 5) is 0. The third-order valence-corrected chi connectivity index (χ3v) is 8.15. The Kier molecular flexibility index (Phi) is 9.11. The average molecular weight is 569 g/mol. The third-order valence-electron chi connectivity index (χ3n) is 8.15. The molecule has 7 heteroatoms. The van der Waals surface area contributed by atoms with Crippen molar-refractivity contribution < 1.29 is 31.4 Å². The summed E-state index contributed by atoms with van der Waals surface area (Å²) in [6.07, 6.45) is 5.97. The Morgan fingerprint density at radius 1 is 0.756 bits per heavy atom. The summed E-state index contributed by atoms with van der Waals surface area (Å²) < 4.78 is 82.7. The molecule has 0 bridgehead atoms. The maximum atomic E-state index is 15.2. The number of aryl methyl sites for hydroxylation is 1. The molecule has 1 aliphatic heterocycles. The molecular formula is C34H33F5O2. The van der Waals surface area contributed by atoms with Crippen molar-refractivity contribution in [1.29, 1.82) is 0 Å². The van der Waals surface area contributed by atoms with Crippen molar-refractivity contribution in [1.82, 2.24) is 0 Å². The average Bonchev–Trinajstić information content (AvgIpc) is 2.97. The normalized spacial score (nSPS) is 22.7. The topological polar surface area (TPSA) is 18.5 Å². The Hall–Kier alpha value is -3.21. The fourth-order valence-electron chi connectivity index (χ4n) is 5.79. The monoisotopic (exact) mass is 568 g/mol. The van der Waals surface area contributed by atoms with Gasteiger partial charge in [0.2, 0.25) is 0 Å². The molecule has 5 rings (SSSR count). The molecule has 2 fully saturated rings. The Morgan fingerprint density at radius 2 is 1.39 bits per heavy atom. The van der Waals surface area contributed by atoms with Gasteiger partial charge >= 0.3 is 0 Å². The van der Waals surface area contributed by atoms with E-state index in [0.29, 0.717) is 17.4 Å². The minimum Gasteiger partial charge on any atom is -0.352 e. The first kappa shape index (κ1) is 29.3. The maximum absolute atomic E-state index is 15.2. The molecule has 3 aromatic rings. The largest absolute Gasteiger partial charge is 0.352 e. The second-order valence-corrected chi connectivity index (χ2v) is 11.2. The quantitative estimate of drug-likeness (QED) is 0.174. The van der Waals surface area contributed by atoms with Crippen LogP contribution in [0.2, 0.25) is 0 Å². The molecule has 216 valence electrons. The second-order valence-electron chi connectivity index (χ2n) is 11.2. The van der Waals surface area contributed by atoms with Crippen LogP contribution < -0.4 is 0 Å². The molecule has 0 spiro atoms. The van der Waals surface area contributed by atoms with E-state index in [-0.39, 0.29) is 34.5 Å². The fraction of sp³-hybridized carbons (Fsp3) is 0.412.